The van der Waals surface area contributed by atoms with E-state index in [0.29, 0.717) is 13.1 Å². The highest BCUT2D eigenvalue weighted by Crippen LogP contribution is 2.36. The highest BCUT2D eigenvalue weighted by Gasteiger charge is 2.24. The molecule has 3 aromatic carbocycles. The summed E-state index contributed by atoms with van der Waals surface area (Å²) in [5, 5.41) is 15.4. The molecule has 0 unspecified atom stereocenters. The number of carbonyl (C=O) groups excluding carboxylic acids is 1. The molecule has 1 N–H and O–H groups in total. The Kier molecular flexibility index (Phi) is 8.73. The number of ether oxygens (including phenoxy) is 2. The lowest BCUT2D eigenvalue weighted by atomic mass is 9.88. The number of carbonyl (C=O) groups is 1. The van der Waals surface area contributed by atoms with E-state index in [4.69, 9.17) is 9.47 Å². The van der Waals surface area contributed by atoms with E-state index in [2.05, 4.69) is 33.1 Å². The van der Waals surface area contributed by atoms with Crippen LogP contribution >= 0.6 is 0 Å². The molecule has 0 saturated carbocycles. The molecule has 1 amide bonds. The summed E-state index contributed by atoms with van der Waals surface area (Å²) in [6, 6.07) is 22.7. The van der Waals surface area contributed by atoms with Crippen molar-refractivity contribution in [2.75, 3.05) is 46.5 Å². The van der Waals surface area contributed by atoms with Gasteiger partial charge in [-0.1, -0.05) is 42.5 Å². The summed E-state index contributed by atoms with van der Waals surface area (Å²) in [4.78, 5) is 26.4. The number of nitrogens with one attached hydrogen (secondary N) is 1. The maximum atomic E-state index is 13.2. The molecule has 1 fully saturated rings. The number of non-ortho nitro benzene ring substituents is 1. The number of methoxy groups -OCH3 is 1. The van der Waals surface area contributed by atoms with Crippen LogP contribution in [0, 0.1) is 10.1 Å². The van der Waals surface area contributed by atoms with Crippen molar-refractivity contribution in [2.24, 2.45) is 0 Å². The molecular weight excluding hydrogens is 508 g/mol. The molecule has 1 aliphatic rings. The fraction of sp³-hybridized carbons (Fsp3) is 0.323. The highest BCUT2D eigenvalue weighted by atomic mass is 16.6. The Labute approximate surface area is 233 Å². The van der Waals surface area contributed by atoms with Crippen LogP contribution in [0.15, 0.2) is 79.0 Å². The van der Waals surface area contributed by atoms with Crippen molar-refractivity contribution in [3.63, 3.8) is 0 Å². The predicted molar refractivity (Wildman–Crippen MR) is 154 cm³/mol. The average molecular weight is 543 g/mol. The van der Waals surface area contributed by atoms with Crippen molar-refractivity contribution in [1.82, 2.24) is 14.8 Å². The molecule has 0 bridgehead atoms. The first-order valence-corrected chi connectivity index (χ1v) is 13.5. The molecule has 9 heteroatoms. The van der Waals surface area contributed by atoms with Crippen molar-refractivity contribution < 1.29 is 19.2 Å². The summed E-state index contributed by atoms with van der Waals surface area (Å²) in [6.07, 6.45) is 2.35. The third-order valence-corrected chi connectivity index (χ3v) is 7.46. The van der Waals surface area contributed by atoms with Crippen LogP contribution in [0.3, 0.4) is 0 Å². The number of nitro groups is 1. The van der Waals surface area contributed by atoms with Gasteiger partial charge < -0.3 is 19.4 Å². The quantitative estimate of drug-likeness (QED) is 0.220. The first-order valence-electron chi connectivity index (χ1n) is 13.5. The minimum absolute atomic E-state index is 0.0272. The number of nitro benzene ring substituents is 1. The van der Waals surface area contributed by atoms with Crippen LogP contribution in [0.25, 0.3) is 10.9 Å². The second kappa shape index (κ2) is 12.8. The Hall–Kier alpha value is -4.21. The Morgan fingerprint density at radius 3 is 2.48 bits per heavy atom. The number of rotatable bonds is 11. The summed E-state index contributed by atoms with van der Waals surface area (Å²) >= 11 is 0. The summed E-state index contributed by atoms with van der Waals surface area (Å²) in [5.41, 5.74) is 4.09. The van der Waals surface area contributed by atoms with E-state index >= 15 is 0 Å². The van der Waals surface area contributed by atoms with Crippen LogP contribution < -0.4 is 10.1 Å². The molecule has 9 nitrogen and oxygen atoms in total. The maximum absolute atomic E-state index is 13.2. The number of amides is 1. The molecule has 1 atom stereocenters. The lowest BCUT2D eigenvalue weighted by Gasteiger charge is -2.26. The fourth-order valence-electron chi connectivity index (χ4n) is 5.28. The molecule has 0 spiro atoms. The number of hydrogen-bond acceptors (Lipinski definition) is 6. The van der Waals surface area contributed by atoms with Gasteiger partial charge in [0.15, 0.2) is 0 Å². The molecule has 40 heavy (non-hydrogen) atoms. The van der Waals surface area contributed by atoms with Crippen LogP contribution in [-0.2, 0) is 16.1 Å². The zero-order chi connectivity index (χ0) is 27.9. The second-order valence-electron chi connectivity index (χ2n) is 9.99. The minimum Gasteiger partial charge on any atom is -0.497 e. The van der Waals surface area contributed by atoms with Crippen molar-refractivity contribution in [1.29, 1.82) is 0 Å². The monoisotopic (exact) mass is 542 g/mol. The molecule has 4 aromatic rings. The Morgan fingerprint density at radius 2 is 1.77 bits per heavy atom. The van der Waals surface area contributed by atoms with Gasteiger partial charge in [0.2, 0.25) is 5.91 Å². The van der Waals surface area contributed by atoms with Gasteiger partial charge in [-0.05, 0) is 34.9 Å². The zero-order valence-electron chi connectivity index (χ0n) is 22.6. The van der Waals surface area contributed by atoms with E-state index < -0.39 is 4.92 Å². The van der Waals surface area contributed by atoms with Gasteiger partial charge in [0.05, 0.1) is 25.2 Å². The summed E-state index contributed by atoms with van der Waals surface area (Å²) in [5.74, 6) is 0.481. The maximum Gasteiger partial charge on any atom is 0.269 e. The number of aromatic nitrogens is 1. The smallest absolute Gasteiger partial charge is 0.269 e. The number of hydrogen-bond donors (Lipinski definition) is 1. The Morgan fingerprint density at radius 1 is 1.05 bits per heavy atom. The van der Waals surface area contributed by atoms with Gasteiger partial charge in [0.25, 0.3) is 5.69 Å². The number of morpholine rings is 1. The minimum atomic E-state index is -0.405. The summed E-state index contributed by atoms with van der Waals surface area (Å²) < 4.78 is 12.9. The van der Waals surface area contributed by atoms with E-state index in [-0.39, 0.29) is 23.9 Å². The third kappa shape index (κ3) is 6.50. The number of nitrogens with zero attached hydrogens (tertiary/aromatic N) is 3. The molecule has 1 saturated heterocycles. The molecular formula is C31H34N4O5. The highest BCUT2D eigenvalue weighted by molar-refractivity contribution is 5.87. The topological polar surface area (TPSA) is 98.9 Å². The van der Waals surface area contributed by atoms with Crippen molar-refractivity contribution >= 4 is 22.5 Å². The van der Waals surface area contributed by atoms with Gasteiger partial charge in [-0.25, -0.2) is 0 Å². The first-order chi connectivity index (χ1) is 19.5. The summed E-state index contributed by atoms with van der Waals surface area (Å²) in [6.45, 7) is 5.17. The third-order valence-electron chi connectivity index (χ3n) is 7.46. The molecule has 208 valence electrons. The van der Waals surface area contributed by atoms with Crippen LogP contribution in [0.1, 0.15) is 29.0 Å². The van der Waals surface area contributed by atoms with Crippen LogP contribution in [-0.4, -0.2) is 66.8 Å². The molecule has 2 heterocycles. The van der Waals surface area contributed by atoms with Crippen LogP contribution in [0.2, 0.25) is 0 Å². The molecule has 1 aromatic heterocycles. The molecule has 1 aliphatic heterocycles. The first kappa shape index (κ1) is 27.4. The number of benzene rings is 3. The number of fused-ring (bicyclic) bond motifs is 1. The van der Waals surface area contributed by atoms with Crippen LogP contribution in [0.5, 0.6) is 5.75 Å². The molecule has 0 radical (unpaired) electrons. The van der Waals surface area contributed by atoms with E-state index in [1.807, 2.05) is 36.4 Å². The van der Waals surface area contributed by atoms with Gasteiger partial charge in [-0.15, -0.1) is 0 Å². The van der Waals surface area contributed by atoms with Gasteiger partial charge in [-0.2, -0.15) is 0 Å². The Balaban J connectivity index is 1.43. The summed E-state index contributed by atoms with van der Waals surface area (Å²) in [7, 11) is 1.65. The van der Waals surface area contributed by atoms with E-state index in [9.17, 15) is 14.9 Å². The number of para-hydroxylation sites is 1. The van der Waals surface area contributed by atoms with Crippen LogP contribution in [0.4, 0.5) is 5.69 Å². The molecule has 5 rings (SSSR count). The standard InChI is InChI=1S/C31H34N4O5/c1-39-26-12-6-23(7-13-26)21-34-22-29(27-4-2-3-5-30(27)34)28(24-8-10-25(11-9-24)35(37)38)20-31(36)32-14-15-33-16-18-40-19-17-33/h2-13,22,28H,14-21H2,1H3,(H,32,36)/t28-/m0/s1. The van der Waals surface area contributed by atoms with Gasteiger partial charge in [0.1, 0.15) is 5.75 Å². The predicted octanol–water partition coefficient (Wildman–Crippen LogP) is 4.58. The van der Waals surface area contributed by atoms with Crippen molar-refractivity contribution in [3.05, 3.63) is 106 Å². The molecule has 0 aliphatic carbocycles. The lowest BCUT2D eigenvalue weighted by Crippen LogP contribution is -2.41. The SMILES string of the molecule is COc1ccc(Cn2cc([C@@H](CC(=O)NCCN3CCOCC3)c3ccc([N+](=O)[O-])cc3)c3ccccc32)cc1. The van der Waals surface area contributed by atoms with E-state index in [1.165, 1.54) is 12.1 Å². The normalized spacial score (nSPS) is 14.6. The van der Waals surface area contributed by atoms with Gasteiger partial charge in [-0.3, -0.25) is 19.8 Å². The van der Waals surface area contributed by atoms with Crippen molar-refractivity contribution in [2.45, 2.75) is 18.9 Å². The largest absolute Gasteiger partial charge is 0.497 e. The Bertz CT molecular complexity index is 1440. The lowest BCUT2D eigenvalue weighted by molar-refractivity contribution is -0.384. The fourth-order valence-corrected chi connectivity index (χ4v) is 5.28. The van der Waals surface area contributed by atoms with Gasteiger partial charge in [0, 0.05) is 74.3 Å². The van der Waals surface area contributed by atoms with Gasteiger partial charge >= 0.3 is 0 Å². The van der Waals surface area contributed by atoms with Crippen molar-refractivity contribution in [3.8, 4) is 5.75 Å². The second-order valence-corrected chi connectivity index (χ2v) is 9.99. The van der Waals surface area contributed by atoms with E-state index in [1.54, 1.807) is 19.2 Å². The zero-order valence-corrected chi connectivity index (χ0v) is 22.6. The average Bonchev–Trinajstić information content (AvgIpc) is 3.35. The van der Waals surface area contributed by atoms with E-state index in [0.717, 1.165) is 66.2 Å².